The third-order valence-electron chi connectivity index (χ3n) is 4.05. The van der Waals surface area contributed by atoms with Gasteiger partial charge >= 0.3 is 0 Å². The fourth-order valence-electron chi connectivity index (χ4n) is 2.76. The van der Waals surface area contributed by atoms with Gasteiger partial charge in [0.25, 0.3) is 0 Å². The summed E-state index contributed by atoms with van der Waals surface area (Å²) >= 11 is 0. The number of nitrogens with zero attached hydrogens (tertiary/aromatic N) is 2. The fraction of sp³-hybridized carbons (Fsp3) is 0.412. The van der Waals surface area contributed by atoms with E-state index in [0.29, 0.717) is 30.5 Å². The van der Waals surface area contributed by atoms with Gasteiger partial charge in [0, 0.05) is 25.1 Å². The second kappa shape index (κ2) is 7.55. The Bertz CT molecular complexity index is 698. The van der Waals surface area contributed by atoms with E-state index in [9.17, 15) is 14.3 Å². The summed E-state index contributed by atoms with van der Waals surface area (Å²) in [6.07, 6.45) is 1.39. The minimum Gasteiger partial charge on any atom is -0.388 e. The Morgan fingerprint density at radius 1 is 1.50 bits per heavy atom. The van der Waals surface area contributed by atoms with E-state index in [1.807, 2.05) is 0 Å². The van der Waals surface area contributed by atoms with E-state index in [1.165, 1.54) is 18.2 Å². The molecule has 1 aromatic heterocycles. The lowest BCUT2D eigenvalue weighted by Gasteiger charge is -2.14. The zero-order chi connectivity index (χ0) is 16.9. The highest BCUT2D eigenvalue weighted by Gasteiger charge is 2.19. The zero-order valence-corrected chi connectivity index (χ0v) is 13.2. The Hall–Kier alpha value is -2.25. The van der Waals surface area contributed by atoms with E-state index in [2.05, 4.69) is 10.4 Å². The number of carbonyl (C=O) groups excluding carboxylic acids is 1. The predicted octanol–water partition coefficient (Wildman–Crippen LogP) is 2.12. The second-order valence-corrected chi connectivity index (χ2v) is 5.95. The average Bonchev–Trinajstić information content (AvgIpc) is 3.20. The van der Waals surface area contributed by atoms with Gasteiger partial charge in [0.1, 0.15) is 11.6 Å². The average molecular weight is 333 g/mol. The molecule has 1 aliphatic heterocycles. The van der Waals surface area contributed by atoms with Crippen molar-refractivity contribution in [1.82, 2.24) is 9.78 Å². The summed E-state index contributed by atoms with van der Waals surface area (Å²) in [7, 11) is 0. The first-order valence-corrected chi connectivity index (χ1v) is 7.95. The second-order valence-electron chi connectivity index (χ2n) is 5.95. The molecule has 2 aromatic rings. The smallest absolute Gasteiger partial charge is 0.228 e. The molecular formula is C17H20FN3O3. The van der Waals surface area contributed by atoms with Crippen LogP contribution in [0.3, 0.4) is 0 Å². The van der Waals surface area contributed by atoms with E-state index < -0.39 is 11.9 Å². The highest BCUT2D eigenvalue weighted by Crippen LogP contribution is 2.20. The number of aliphatic hydroxyl groups is 1. The summed E-state index contributed by atoms with van der Waals surface area (Å²) in [5, 5.41) is 17.0. The summed E-state index contributed by atoms with van der Waals surface area (Å²) in [4.78, 5) is 12.1. The maximum absolute atomic E-state index is 13.2. The SMILES string of the molecule is O=C(CC(O)c1cccc(F)c1)Nc1ccnn1CC1CCOC1. The number of aliphatic hydroxyl groups excluding tert-OH is 1. The number of hydrogen-bond acceptors (Lipinski definition) is 4. The van der Waals surface area contributed by atoms with Crippen molar-refractivity contribution < 1.29 is 19.0 Å². The number of ether oxygens (including phenoxy) is 1. The standard InChI is InChI=1S/C17H20FN3O3/c18-14-3-1-2-13(8-14)15(22)9-17(23)20-16-4-6-19-21(16)10-12-5-7-24-11-12/h1-4,6,8,12,15,22H,5,7,9-11H2,(H,20,23). The van der Waals surface area contributed by atoms with Gasteiger partial charge < -0.3 is 15.2 Å². The lowest BCUT2D eigenvalue weighted by molar-refractivity contribution is -0.118. The molecule has 1 amide bonds. The van der Waals surface area contributed by atoms with Crippen molar-refractivity contribution in [3.63, 3.8) is 0 Å². The Balaban J connectivity index is 1.58. The van der Waals surface area contributed by atoms with Gasteiger partial charge in [-0.1, -0.05) is 12.1 Å². The molecule has 0 saturated carbocycles. The summed E-state index contributed by atoms with van der Waals surface area (Å²) in [5.41, 5.74) is 0.377. The number of nitrogens with one attached hydrogen (secondary N) is 1. The number of benzene rings is 1. The first kappa shape index (κ1) is 16.6. The van der Waals surface area contributed by atoms with Gasteiger partial charge in [0.15, 0.2) is 0 Å². The molecule has 24 heavy (non-hydrogen) atoms. The molecule has 1 aliphatic rings. The zero-order valence-electron chi connectivity index (χ0n) is 13.2. The van der Waals surface area contributed by atoms with Crippen LogP contribution in [0.25, 0.3) is 0 Å². The van der Waals surface area contributed by atoms with Crippen molar-refractivity contribution in [3.05, 3.63) is 47.9 Å². The van der Waals surface area contributed by atoms with Gasteiger partial charge in [-0.2, -0.15) is 5.10 Å². The Kier molecular flexibility index (Phi) is 5.22. The van der Waals surface area contributed by atoms with Crippen LogP contribution in [0, 0.1) is 11.7 Å². The van der Waals surface area contributed by atoms with Crippen LogP contribution in [0.15, 0.2) is 36.5 Å². The molecule has 1 fully saturated rings. The molecule has 7 heteroatoms. The van der Waals surface area contributed by atoms with Crippen LogP contribution < -0.4 is 5.32 Å². The first-order chi connectivity index (χ1) is 11.6. The highest BCUT2D eigenvalue weighted by molar-refractivity contribution is 5.90. The van der Waals surface area contributed by atoms with Gasteiger partial charge in [-0.25, -0.2) is 9.07 Å². The number of amides is 1. The van der Waals surface area contributed by atoms with Crippen molar-refractivity contribution in [2.75, 3.05) is 18.5 Å². The molecule has 6 nitrogen and oxygen atoms in total. The van der Waals surface area contributed by atoms with Crippen LogP contribution in [0.2, 0.25) is 0 Å². The number of carbonyl (C=O) groups is 1. The molecule has 1 saturated heterocycles. The van der Waals surface area contributed by atoms with Crippen molar-refractivity contribution in [2.24, 2.45) is 5.92 Å². The van der Waals surface area contributed by atoms with Crippen molar-refractivity contribution in [2.45, 2.75) is 25.5 Å². The third-order valence-corrected chi connectivity index (χ3v) is 4.05. The summed E-state index contributed by atoms with van der Waals surface area (Å²) in [6, 6.07) is 7.32. The maximum Gasteiger partial charge on any atom is 0.228 e. The molecule has 0 aliphatic carbocycles. The number of halogens is 1. The van der Waals surface area contributed by atoms with Gasteiger partial charge in [-0.05, 0) is 24.1 Å². The van der Waals surface area contributed by atoms with Gasteiger partial charge in [0.05, 0.1) is 25.3 Å². The highest BCUT2D eigenvalue weighted by atomic mass is 19.1. The van der Waals surface area contributed by atoms with Gasteiger partial charge in [0.2, 0.25) is 5.91 Å². The topological polar surface area (TPSA) is 76.4 Å². The Labute approximate surface area is 139 Å². The molecular weight excluding hydrogens is 313 g/mol. The minimum absolute atomic E-state index is 0.152. The molecule has 3 rings (SSSR count). The van der Waals surface area contributed by atoms with E-state index in [0.717, 1.165) is 13.0 Å². The van der Waals surface area contributed by atoms with E-state index in [1.54, 1.807) is 23.0 Å². The molecule has 0 bridgehead atoms. The molecule has 2 heterocycles. The van der Waals surface area contributed by atoms with E-state index in [-0.39, 0.29) is 12.3 Å². The third kappa shape index (κ3) is 4.18. The Morgan fingerprint density at radius 3 is 3.12 bits per heavy atom. The van der Waals surface area contributed by atoms with Crippen molar-refractivity contribution in [1.29, 1.82) is 0 Å². The quantitative estimate of drug-likeness (QED) is 0.849. The molecule has 0 spiro atoms. The van der Waals surface area contributed by atoms with Gasteiger partial charge in [-0.15, -0.1) is 0 Å². The maximum atomic E-state index is 13.2. The fourth-order valence-corrected chi connectivity index (χ4v) is 2.76. The normalized spacial score (nSPS) is 18.5. The molecule has 128 valence electrons. The number of rotatable bonds is 6. The van der Waals surface area contributed by atoms with Crippen LogP contribution in [0.4, 0.5) is 10.2 Å². The summed E-state index contributed by atoms with van der Waals surface area (Å²) in [6.45, 7) is 2.13. The van der Waals surface area contributed by atoms with E-state index in [4.69, 9.17) is 4.74 Å². The van der Waals surface area contributed by atoms with Crippen LogP contribution in [-0.4, -0.2) is 34.0 Å². The van der Waals surface area contributed by atoms with E-state index >= 15 is 0 Å². The lowest BCUT2D eigenvalue weighted by Crippen LogP contribution is -2.20. The Morgan fingerprint density at radius 2 is 2.38 bits per heavy atom. The monoisotopic (exact) mass is 333 g/mol. The summed E-state index contributed by atoms with van der Waals surface area (Å²) in [5.74, 6) is 0.178. The van der Waals surface area contributed by atoms with Gasteiger partial charge in [-0.3, -0.25) is 4.79 Å². The predicted molar refractivity (Wildman–Crippen MR) is 85.8 cm³/mol. The largest absolute Gasteiger partial charge is 0.388 e. The van der Waals surface area contributed by atoms with Crippen LogP contribution >= 0.6 is 0 Å². The van der Waals surface area contributed by atoms with Crippen molar-refractivity contribution >= 4 is 11.7 Å². The molecule has 0 radical (unpaired) electrons. The number of aromatic nitrogens is 2. The van der Waals surface area contributed by atoms with Crippen LogP contribution in [0.1, 0.15) is 24.5 Å². The minimum atomic E-state index is -1.06. The molecule has 1 aromatic carbocycles. The number of anilines is 1. The first-order valence-electron chi connectivity index (χ1n) is 7.95. The lowest BCUT2D eigenvalue weighted by atomic mass is 10.1. The molecule has 2 N–H and O–H groups in total. The molecule has 2 unspecified atom stereocenters. The van der Waals surface area contributed by atoms with Crippen LogP contribution in [-0.2, 0) is 16.1 Å². The van der Waals surface area contributed by atoms with Crippen molar-refractivity contribution in [3.8, 4) is 0 Å². The number of hydrogen-bond donors (Lipinski definition) is 2. The summed E-state index contributed by atoms with van der Waals surface area (Å²) < 4.78 is 20.3. The molecule has 2 atom stereocenters. The van der Waals surface area contributed by atoms with Crippen LogP contribution in [0.5, 0.6) is 0 Å².